The number of nitrogens with zero attached hydrogens (tertiary/aromatic N) is 2. The zero-order valence-electron chi connectivity index (χ0n) is 16.7. The molecule has 2 aliphatic rings. The van der Waals surface area contributed by atoms with E-state index in [4.69, 9.17) is 4.74 Å². The maximum atomic E-state index is 12.7. The van der Waals surface area contributed by atoms with Gasteiger partial charge in [-0.1, -0.05) is 13.3 Å². The summed E-state index contributed by atoms with van der Waals surface area (Å²) in [6.45, 7) is 5.93. The van der Waals surface area contributed by atoms with Gasteiger partial charge in [0.25, 0.3) is 5.56 Å². The summed E-state index contributed by atoms with van der Waals surface area (Å²) in [4.78, 5) is 34.4. The molecule has 3 rings (SSSR count). The lowest BCUT2D eigenvalue weighted by molar-refractivity contribution is -0.128. The summed E-state index contributed by atoms with van der Waals surface area (Å²) < 4.78 is 5.42. The van der Waals surface area contributed by atoms with Crippen LogP contribution in [-0.4, -0.2) is 42.2 Å². The van der Waals surface area contributed by atoms with Crippen LogP contribution in [-0.2, 0) is 9.53 Å². The minimum atomic E-state index is -0.301. The van der Waals surface area contributed by atoms with E-state index in [1.165, 1.54) is 6.07 Å². The van der Waals surface area contributed by atoms with Crippen LogP contribution in [0.3, 0.4) is 0 Å². The van der Waals surface area contributed by atoms with Crippen LogP contribution >= 0.6 is 0 Å². The normalized spacial score (nSPS) is 25.2. The van der Waals surface area contributed by atoms with E-state index in [1.54, 1.807) is 7.11 Å². The van der Waals surface area contributed by atoms with Gasteiger partial charge in [0.05, 0.1) is 17.8 Å². The zero-order chi connectivity index (χ0) is 19.4. The van der Waals surface area contributed by atoms with Gasteiger partial charge in [0, 0.05) is 32.2 Å². The Hall–Kier alpha value is -1.89. The lowest BCUT2D eigenvalue weighted by Crippen LogP contribution is -2.38. The molecule has 1 amide bonds. The van der Waals surface area contributed by atoms with Crippen LogP contribution in [0.1, 0.15) is 64.1 Å². The van der Waals surface area contributed by atoms with E-state index in [1.807, 2.05) is 6.92 Å². The first kappa shape index (κ1) is 19.9. The predicted octanol–water partition coefficient (Wildman–Crippen LogP) is 2.39. The van der Waals surface area contributed by atoms with E-state index < -0.39 is 0 Å². The smallest absolute Gasteiger partial charge is 0.252 e. The van der Waals surface area contributed by atoms with Crippen molar-refractivity contribution in [2.45, 2.75) is 64.5 Å². The highest BCUT2D eigenvalue weighted by atomic mass is 16.5. The van der Waals surface area contributed by atoms with Gasteiger partial charge in [-0.25, -0.2) is 4.98 Å². The van der Waals surface area contributed by atoms with Gasteiger partial charge < -0.3 is 15.0 Å². The highest BCUT2D eigenvalue weighted by Gasteiger charge is 2.28. The number of methoxy groups -OCH3 is 1. The molecule has 2 fully saturated rings. The molecule has 0 spiro atoms. The van der Waals surface area contributed by atoms with E-state index in [-0.39, 0.29) is 29.5 Å². The lowest BCUT2D eigenvalue weighted by atomic mass is 9.86. The van der Waals surface area contributed by atoms with Crippen molar-refractivity contribution in [3.8, 4) is 0 Å². The molecule has 0 aromatic carbocycles. The van der Waals surface area contributed by atoms with Gasteiger partial charge in [-0.05, 0) is 44.9 Å². The SMILES string of the molecule is CO[C@@H]1CCC[C@@H](C(=O)N[C@H](C)c2cc(=O)[nH]c(N3CCC(C)CC3)n2)C1. The Morgan fingerprint density at radius 2 is 2.07 bits per heavy atom. The average Bonchev–Trinajstić information content (AvgIpc) is 2.68. The maximum absolute atomic E-state index is 12.7. The van der Waals surface area contributed by atoms with Crippen molar-refractivity contribution in [3.05, 3.63) is 22.1 Å². The molecule has 7 nitrogen and oxygen atoms in total. The van der Waals surface area contributed by atoms with Crippen molar-refractivity contribution in [3.63, 3.8) is 0 Å². The fourth-order valence-electron chi connectivity index (χ4n) is 4.06. The number of carbonyl (C=O) groups excluding carboxylic acids is 1. The molecule has 1 saturated heterocycles. The minimum Gasteiger partial charge on any atom is -0.381 e. The Balaban J connectivity index is 1.66. The number of piperidine rings is 1. The van der Waals surface area contributed by atoms with Crippen molar-refractivity contribution in [2.24, 2.45) is 11.8 Å². The van der Waals surface area contributed by atoms with E-state index >= 15 is 0 Å². The van der Waals surface area contributed by atoms with Crippen LogP contribution in [0.15, 0.2) is 10.9 Å². The molecule has 150 valence electrons. The minimum absolute atomic E-state index is 0.0275. The molecule has 2 heterocycles. The first-order valence-electron chi connectivity index (χ1n) is 10.2. The molecule has 1 aliphatic carbocycles. The Kier molecular flexibility index (Phi) is 6.52. The topological polar surface area (TPSA) is 87.3 Å². The highest BCUT2D eigenvalue weighted by Crippen LogP contribution is 2.27. The highest BCUT2D eigenvalue weighted by molar-refractivity contribution is 5.79. The lowest BCUT2D eigenvalue weighted by Gasteiger charge is -2.31. The largest absolute Gasteiger partial charge is 0.381 e. The molecule has 0 radical (unpaired) electrons. The van der Waals surface area contributed by atoms with Crippen molar-refractivity contribution in [1.82, 2.24) is 15.3 Å². The van der Waals surface area contributed by atoms with Crippen LogP contribution in [0.4, 0.5) is 5.95 Å². The second-order valence-electron chi connectivity index (χ2n) is 8.11. The standard InChI is InChI=1S/C20H32N4O3/c1-13-7-9-24(10-8-13)20-22-17(12-18(25)23-20)14(2)21-19(26)15-5-4-6-16(11-15)27-3/h12-16H,4-11H2,1-3H3,(H,21,26)(H,22,23,25)/t14-,15-,16-/m1/s1. The zero-order valence-corrected chi connectivity index (χ0v) is 16.7. The summed E-state index contributed by atoms with van der Waals surface area (Å²) in [5.74, 6) is 1.32. The number of aromatic nitrogens is 2. The third-order valence-electron chi connectivity index (χ3n) is 5.96. The molecule has 7 heteroatoms. The van der Waals surface area contributed by atoms with Crippen LogP contribution in [0.5, 0.6) is 0 Å². The summed E-state index contributed by atoms with van der Waals surface area (Å²) in [7, 11) is 1.70. The Bertz CT molecular complexity index is 697. The van der Waals surface area contributed by atoms with E-state index in [9.17, 15) is 9.59 Å². The molecule has 0 bridgehead atoms. The first-order valence-corrected chi connectivity index (χ1v) is 10.2. The van der Waals surface area contributed by atoms with E-state index in [2.05, 4.69) is 27.1 Å². The Morgan fingerprint density at radius 1 is 1.33 bits per heavy atom. The second kappa shape index (κ2) is 8.87. The third kappa shape index (κ3) is 5.09. The quantitative estimate of drug-likeness (QED) is 0.824. The van der Waals surface area contributed by atoms with Crippen LogP contribution in [0.25, 0.3) is 0 Å². The predicted molar refractivity (Wildman–Crippen MR) is 105 cm³/mol. The number of H-pyrrole nitrogens is 1. The molecule has 1 aromatic heterocycles. The summed E-state index contributed by atoms with van der Waals surface area (Å²) >= 11 is 0. The van der Waals surface area contributed by atoms with Crippen molar-refractivity contribution >= 4 is 11.9 Å². The number of nitrogens with one attached hydrogen (secondary N) is 2. The van der Waals surface area contributed by atoms with Crippen LogP contribution in [0, 0.1) is 11.8 Å². The Morgan fingerprint density at radius 3 is 2.78 bits per heavy atom. The fraction of sp³-hybridized carbons (Fsp3) is 0.750. The summed E-state index contributed by atoms with van der Waals surface area (Å²) in [5, 5.41) is 3.05. The molecule has 0 unspecified atom stereocenters. The molecule has 3 atom stereocenters. The van der Waals surface area contributed by atoms with Crippen LogP contribution in [0.2, 0.25) is 0 Å². The summed E-state index contributed by atoms with van der Waals surface area (Å²) in [5.41, 5.74) is 0.437. The van der Waals surface area contributed by atoms with E-state index in [0.717, 1.165) is 51.6 Å². The molecular formula is C20H32N4O3. The Labute approximate surface area is 160 Å². The number of aromatic amines is 1. The summed E-state index contributed by atoms with van der Waals surface area (Å²) in [6, 6.07) is 1.19. The number of rotatable bonds is 5. The fourth-order valence-corrected chi connectivity index (χ4v) is 4.06. The molecule has 1 aromatic rings. The maximum Gasteiger partial charge on any atom is 0.252 e. The monoisotopic (exact) mass is 376 g/mol. The number of hydrogen-bond acceptors (Lipinski definition) is 5. The van der Waals surface area contributed by atoms with Gasteiger partial charge in [-0.15, -0.1) is 0 Å². The van der Waals surface area contributed by atoms with Gasteiger partial charge in [0.2, 0.25) is 11.9 Å². The third-order valence-corrected chi connectivity index (χ3v) is 5.96. The first-order chi connectivity index (χ1) is 13.0. The number of ether oxygens (including phenoxy) is 1. The number of amides is 1. The summed E-state index contributed by atoms with van der Waals surface area (Å²) in [6.07, 6.45) is 6.03. The van der Waals surface area contributed by atoms with Gasteiger partial charge in [-0.3, -0.25) is 14.6 Å². The molecule has 2 N–H and O–H groups in total. The molecular weight excluding hydrogens is 344 g/mol. The number of anilines is 1. The van der Waals surface area contributed by atoms with Gasteiger partial charge in [0.1, 0.15) is 0 Å². The second-order valence-corrected chi connectivity index (χ2v) is 8.11. The average molecular weight is 377 g/mol. The van der Waals surface area contributed by atoms with Gasteiger partial charge >= 0.3 is 0 Å². The number of hydrogen-bond donors (Lipinski definition) is 2. The van der Waals surface area contributed by atoms with Crippen molar-refractivity contribution in [2.75, 3.05) is 25.1 Å². The van der Waals surface area contributed by atoms with Gasteiger partial charge in [-0.2, -0.15) is 0 Å². The van der Waals surface area contributed by atoms with Crippen molar-refractivity contribution in [1.29, 1.82) is 0 Å². The number of carbonyl (C=O) groups is 1. The van der Waals surface area contributed by atoms with Gasteiger partial charge in [0.15, 0.2) is 0 Å². The molecule has 27 heavy (non-hydrogen) atoms. The molecule has 1 aliphatic heterocycles. The van der Waals surface area contributed by atoms with Crippen molar-refractivity contribution < 1.29 is 9.53 Å². The van der Waals surface area contributed by atoms with E-state index in [0.29, 0.717) is 17.6 Å². The van der Waals surface area contributed by atoms with Crippen LogP contribution < -0.4 is 15.8 Å². The molecule has 1 saturated carbocycles.